The van der Waals surface area contributed by atoms with Crippen LogP contribution in [0.4, 0.5) is 0 Å². The fourth-order valence-corrected chi connectivity index (χ4v) is 2.22. The molecule has 0 radical (unpaired) electrons. The van der Waals surface area contributed by atoms with Crippen molar-refractivity contribution in [2.75, 3.05) is 19.8 Å². The molecule has 0 aromatic heterocycles. The Morgan fingerprint density at radius 2 is 1.38 bits per heavy atom. The lowest BCUT2D eigenvalue weighted by Gasteiger charge is -2.33. The van der Waals surface area contributed by atoms with Crippen molar-refractivity contribution in [1.82, 2.24) is 0 Å². The first-order valence-corrected chi connectivity index (χ1v) is 5.94. The molecule has 0 spiro atoms. The maximum atomic E-state index is 9.09. The summed E-state index contributed by atoms with van der Waals surface area (Å²) in [6.45, 7) is 0.375. The highest BCUT2D eigenvalue weighted by molar-refractivity contribution is 4.84. The van der Waals surface area contributed by atoms with Gasteiger partial charge in [-0.05, 0) is 43.9 Å². The highest BCUT2D eigenvalue weighted by atomic mass is 16.3. The van der Waals surface area contributed by atoms with E-state index in [1.54, 1.807) is 0 Å². The van der Waals surface area contributed by atoms with Gasteiger partial charge < -0.3 is 15.3 Å². The van der Waals surface area contributed by atoms with Crippen molar-refractivity contribution in [2.24, 2.45) is 5.41 Å². The van der Waals surface area contributed by atoms with E-state index in [-0.39, 0.29) is 25.2 Å². The predicted molar refractivity (Wildman–Crippen MR) is 61.6 cm³/mol. The second-order valence-electron chi connectivity index (χ2n) is 4.29. The van der Waals surface area contributed by atoms with Crippen molar-refractivity contribution in [3.8, 4) is 6.07 Å². The molecule has 0 aliphatic carbocycles. The van der Waals surface area contributed by atoms with Crippen LogP contribution >= 0.6 is 0 Å². The number of nitrogens with zero attached hydrogens (tertiary/aromatic N) is 1. The third kappa shape index (κ3) is 6.06. The van der Waals surface area contributed by atoms with E-state index in [9.17, 15) is 0 Å². The van der Waals surface area contributed by atoms with Crippen molar-refractivity contribution in [2.45, 2.75) is 44.9 Å². The van der Waals surface area contributed by atoms with Crippen molar-refractivity contribution < 1.29 is 15.3 Å². The van der Waals surface area contributed by atoms with Gasteiger partial charge in [0.25, 0.3) is 0 Å². The Morgan fingerprint density at radius 3 is 1.75 bits per heavy atom. The average molecular weight is 229 g/mol. The summed E-state index contributed by atoms with van der Waals surface area (Å²) in [6, 6.07) is 2.13. The summed E-state index contributed by atoms with van der Waals surface area (Å²) in [5.41, 5.74) is -0.0874. The molecule has 0 aromatic rings. The molecule has 0 amide bonds. The van der Waals surface area contributed by atoms with Crippen molar-refractivity contribution in [3.63, 3.8) is 0 Å². The Labute approximate surface area is 97.5 Å². The fraction of sp³-hybridized carbons (Fsp3) is 0.917. The molecule has 0 saturated carbocycles. The lowest BCUT2D eigenvalue weighted by molar-refractivity contribution is 0.121. The van der Waals surface area contributed by atoms with E-state index in [2.05, 4.69) is 6.07 Å². The van der Waals surface area contributed by atoms with E-state index in [1.165, 1.54) is 0 Å². The summed E-state index contributed by atoms with van der Waals surface area (Å²) in [5, 5.41) is 35.5. The Bertz CT molecular complexity index is 193. The third-order valence-electron chi connectivity index (χ3n) is 3.14. The van der Waals surface area contributed by atoms with Crippen LogP contribution in [0.5, 0.6) is 0 Å². The fourth-order valence-electron chi connectivity index (χ4n) is 2.22. The zero-order valence-corrected chi connectivity index (χ0v) is 9.86. The van der Waals surface area contributed by atoms with Gasteiger partial charge in [0, 0.05) is 26.2 Å². The van der Waals surface area contributed by atoms with Crippen LogP contribution in [0.3, 0.4) is 0 Å². The molecule has 3 N–H and O–H groups in total. The maximum absolute atomic E-state index is 9.09. The minimum Gasteiger partial charge on any atom is -0.396 e. The van der Waals surface area contributed by atoms with Crippen LogP contribution in [0.25, 0.3) is 0 Å². The van der Waals surface area contributed by atoms with E-state index in [0.29, 0.717) is 25.7 Å². The van der Waals surface area contributed by atoms with Crippen molar-refractivity contribution >= 4 is 0 Å². The highest BCUT2D eigenvalue weighted by Crippen LogP contribution is 2.38. The molecule has 0 unspecified atom stereocenters. The quantitative estimate of drug-likeness (QED) is 0.525. The van der Waals surface area contributed by atoms with Gasteiger partial charge in [0.1, 0.15) is 0 Å². The zero-order valence-electron chi connectivity index (χ0n) is 9.86. The van der Waals surface area contributed by atoms with E-state index >= 15 is 0 Å². The van der Waals surface area contributed by atoms with Crippen molar-refractivity contribution in [3.05, 3.63) is 0 Å². The first-order valence-electron chi connectivity index (χ1n) is 5.94. The summed E-state index contributed by atoms with van der Waals surface area (Å²) in [4.78, 5) is 0. The van der Waals surface area contributed by atoms with Crippen LogP contribution in [0.1, 0.15) is 44.9 Å². The van der Waals surface area contributed by atoms with E-state index in [4.69, 9.17) is 20.6 Å². The largest absolute Gasteiger partial charge is 0.396 e. The summed E-state index contributed by atoms with van der Waals surface area (Å²) in [6.07, 6.45) is 4.86. The molecule has 16 heavy (non-hydrogen) atoms. The molecular weight excluding hydrogens is 206 g/mol. The van der Waals surface area contributed by atoms with Gasteiger partial charge in [0.05, 0.1) is 6.07 Å². The standard InChI is InChI=1S/C12H23NO3/c13-8-1-4-12(7-11-16,5-2-9-14)6-3-10-15/h14-16H,1-7,9-11H2. The Morgan fingerprint density at radius 1 is 0.812 bits per heavy atom. The van der Waals surface area contributed by atoms with Crippen LogP contribution in [0.15, 0.2) is 0 Å². The van der Waals surface area contributed by atoms with Crippen LogP contribution in [0.2, 0.25) is 0 Å². The smallest absolute Gasteiger partial charge is 0.0621 e. The second-order valence-corrected chi connectivity index (χ2v) is 4.29. The van der Waals surface area contributed by atoms with E-state index < -0.39 is 0 Å². The molecule has 0 heterocycles. The number of aliphatic hydroxyl groups excluding tert-OH is 3. The molecular formula is C12H23NO3. The zero-order chi connectivity index (χ0) is 12.3. The van der Waals surface area contributed by atoms with Crippen LogP contribution in [0, 0.1) is 16.7 Å². The number of hydrogen-bond donors (Lipinski definition) is 3. The molecule has 0 aliphatic rings. The number of aliphatic hydroxyl groups is 3. The SMILES string of the molecule is N#CCCC(CCO)(CCCO)CCCO. The summed E-state index contributed by atoms with van der Waals surface area (Å²) < 4.78 is 0. The lowest BCUT2D eigenvalue weighted by atomic mass is 9.73. The van der Waals surface area contributed by atoms with Gasteiger partial charge in [-0.3, -0.25) is 0 Å². The number of hydrogen-bond acceptors (Lipinski definition) is 4. The number of nitriles is 1. The molecule has 0 fully saturated rings. The molecule has 0 saturated heterocycles. The maximum Gasteiger partial charge on any atom is 0.0621 e. The highest BCUT2D eigenvalue weighted by Gasteiger charge is 2.28. The van der Waals surface area contributed by atoms with Gasteiger partial charge in [-0.2, -0.15) is 5.26 Å². The molecule has 4 heteroatoms. The van der Waals surface area contributed by atoms with Gasteiger partial charge in [-0.15, -0.1) is 0 Å². The third-order valence-corrected chi connectivity index (χ3v) is 3.14. The first kappa shape index (κ1) is 15.4. The van der Waals surface area contributed by atoms with Gasteiger partial charge in [-0.25, -0.2) is 0 Å². The van der Waals surface area contributed by atoms with E-state index in [0.717, 1.165) is 19.3 Å². The summed E-state index contributed by atoms with van der Waals surface area (Å²) in [5.74, 6) is 0. The van der Waals surface area contributed by atoms with Crippen LogP contribution in [-0.4, -0.2) is 35.1 Å². The molecule has 0 atom stereocenters. The molecule has 0 aliphatic heterocycles. The first-order chi connectivity index (χ1) is 7.74. The lowest BCUT2D eigenvalue weighted by Crippen LogP contribution is -2.23. The molecule has 0 bridgehead atoms. The predicted octanol–water partition coefficient (Wildman–Crippen LogP) is 1.20. The van der Waals surface area contributed by atoms with Gasteiger partial charge in [0.15, 0.2) is 0 Å². The summed E-state index contributed by atoms with van der Waals surface area (Å²) in [7, 11) is 0. The molecule has 94 valence electrons. The van der Waals surface area contributed by atoms with Gasteiger partial charge in [0.2, 0.25) is 0 Å². The van der Waals surface area contributed by atoms with Gasteiger partial charge in [-0.1, -0.05) is 0 Å². The Hall–Kier alpha value is -0.630. The normalized spacial score (nSPS) is 11.4. The van der Waals surface area contributed by atoms with Crippen LogP contribution < -0.4 is 0 Å². The van der Waals surface area contributed by atoms with Crippen molar-refractivity contribution in [1.29, 1.82) is 5.26 Å². The second kappa shape index (κ2) is 9.59. The Kier molecular flexibility index (Phi) is 9.21. The molecule has 0 rings (SSSR count). The van der Waals surface area contributed by atoms with E-state index in [1.807, 2.05) is 0 Å². The van der Waals surface area contributed by atoms with Crippen LogP contribution in [-0.2, 0) is 0 Å². The average Bonchev–Trinajstić information content (AvgIpc) is 2.31. The molecule has 0 aromatic carbocycles. The molecule has 4 nitrogen and oxygen atoms in total. The minimum atomic E-state index is -0.0874. The van der Waals surface area contributed by atoms with Gasteiger partial charge >= 0.3 is 0 Å². The Balaban J connectivity index is 4.39. The summed E-state index contributed by atoms with van der Waals surface area (Å²) >= 11 is 0. The number of rotatable bonds is 10. The minimum absolute atomic E-state index is 0.0874. The topological polar surface area (TPSA) is 84.5 Å². The monoisotopic (exact) mass is 229 g/mol.